The Bertz CT molecular complexity index is 1340. The third-order valence-corrected chi connectivity index (χ3v) is 6.79. The van der Waals surface area contributed by atoms with Crippen LogP contribution in [0.1, 0.15) is 48.9 Å². The maximum atomic E-state index is 13.8. The van der Waals surface area contributed by atoms with Crippen LogP contribution < -0.4 is 9.67 Å². The van der Waals surface area contributed by atoms with Crippen molar-refractivity contribution in [1.82, 2.24) is 14.7 Å². The lowest BCUT2D eigenvalue weighted by Gasteiger charge is -2.29. The van der Waals surface area contributed by atoms with E-state index in [1.807, 2.05) is 19.1 Å². The largest absolute Gasteiger partial charge is 0.858 e. The Morgan fingerprint density at radius 3 is 2.53 bits per heavy atom. The number of aromatic nitrogens is 3. The number of imide groups is 1. The van der Waals surface area contributed by atoms with Gasteiger partial charge in [-0.3, -0.25) is 14.5 Å². The summed E-state index contributed by atoms with van der Waals surface area (Å²) in [6.45, 7) is 3.60. The Morgan fingerprint density at radius 1 is 1.06 bits per heavy atom. The predicted molar refractivity (Wildman–Crippen MR) is 126 cm³/mol. The summed E-state index contributed by atoms with van der Waals surface area (Å²) < 4.78 is 2.90. The van der Waals surface area contributed by atoms with Crippen LogP contribution in [0, 0.1) is 13.8 Å². The van der Waals surface area contributed by atoms with Gasteiger partial charge in [-0.2, -0.15) is 9.67 Å². The van der Waals surface area contributed by atoms with Crippen LogP contribution in [0.2, 0.25) is 5.02 Å². The number of carbonyl (C=O) groups excluding carboxylic acids is 2. The van der Waals surface area contributed by atoms with Crippen LogP contribution in [-0.2, 0) is 9.59 Å². The van der Waals surface area contributed by atoms with Crippen molar-refractivity contribution >= 4 is 34.7 Å². The second-order valence-electron chi connectivity index (χ2n) is 8.94. The topological polar surface area (TPSA) is 82.1 Å². The van der Waals surface area contributed by atoms with Gasteiger partial charge in [-0.15, -0.1) is 0 Å². The van der Waals surface area contributed by atoms with Crippen molar-refractivity contribution in [2.45, 2.75) is 52.0 Å². The highest BCUT2D eigenvalue weighted by Gasteiger charge is 2.49. The van der Waals surface area contributed by atoms with Gasteiger partial charge in [0.2, 0.25) is 0 Å². The minimum atomic E-state index is -0.452. The molecule has 0 unspecified atom stereocenters. The summed E-state index contributed by atoms with van der Waals surface area (Å²) in [6, 6.07) is 10.4. The second-order valence-corrected chi connectivity index (χ2v) is 9.38. The van der Waals surface area contributed by atoms with E-state index in [0.717, 1.165) is 37.7 Å². The number of halogens is 1. The Hall–Kier alpha value is -3.45. The molecule has 0 bridgehead atoms. The molecule has 0 N–H and O–H groups in total. The van der Waals surface area contributed by atoms with Crippen LogP contribution in [0.25, 0.3) is 17.0 Å². The van der Waals surface area contributed by atoms with Crippen molar-refractivity contribution in [3.05, 3.63) is 70.6 Å². The fraction of sp³-hybridized carbons (Fsp3) is 0.308. The number of carbonyl (C=O) groups is 2. The molecule has 0 atom stereocenters. The van der Waals surface area contributed by atoms with Gasteiger partial charge in [0.15, 0.2) is 12.4 Å². The standard InChI is InChI=1S/C26H25ClN4O3/c1-16-8-7-13-29(15-16)23-22(24(32)30(26(23)34)19-10-4-3-5-11-19)21-17(2)28-31(25(21)33)20-12-6-9-18(27)14-20/h6-9,12-15,19H,3-5,10-11H2,1-2H3. The number of pyridine rings is 1. The molecule has 174 valence electrons. The van der Waals surface area contributed by atoms with E-state index in [1.54, 1.807) is 48.1 Å². The van der Waals surface area contributed by atoms with E-state index in [9.17, 15) is 14.7 Å². The average Bonchev–Trinajstić information content (AvgIpc) is 3.25. The minimum Gasteiger partial charge on any atom is -0.858 e. The second kappa shape index (κ2) is 8.72. The first-order valence-electron chi connectivity index (χ1n) is 11.5. The fourth-order valence-corrected chi connectivity index (χ4v) is 5.16. The predicted octanol–water partition coefficient (Wildman–Crippen LogP) is 3.57. The van der Waals surface area contributed by atoms with E-state index in [-0.39, 0.29) is 28.8 Å². The van der Waals surface area contributed by atoms with Gasteiger partial charge in [-0.25, -0.2) is 4.68 Å². The van der Waals surface area contributed by atoms with Crippen molar-refractivity contribution in [2.24, 2.45) is 0 Å². The molecule has 1 fully saturated rings. The van der Waals surface area contributed by atoms with E-state index in [4.69, 9.17) is 11.6 Å². The molecule has 0 spiro atoms. The summed E-state index contributed by atoms with van der Waals surface area (Å²) in [5.41, 5.74) is 2.28. The zero-order chi connectivity index (χ0) is 24.0. The Labute approximate surface area is 202 Å². The third-order valence-electron chi connectivity index (χ3n) is 6.56. The highest BCUT2D eigenvalue weighted by atomic mass is 35.5. The maximum absolute atomic E-state index is 13.8. The molecule has 5 rings (SSSR count). The van der Waals surface area contributed by atoms with Crippen LogP contribution in [0.3, 0.4) is 0 Å². The molecule has 0 radical (unpaired) electrons. The molecule has 3 aromatic rings. The van der Waals surface area contributed by atoms with Gasteiger partial charge in [0.05, 0.1) is 11.4 Å². The molecule has 3 heterocycles. The van der Waals surface area contributed by atoms with Crippen LogP contribution in [0.4, 0.5) is 0 Å². The number of hydrogen-bond acceptors (Lipinski definition) is 4. The van der Waals surface area contributed by atoms with E-state index in [2.05, 4.69) is 5.10 Å². The van der Waals surface area contributed by atoms with Gasteiger partial charge < -0.3 is 5.11 Å². The lowest BCUT2D eigenvalue weighted by molar-refractivity contribution is -0.577. The lowest BCUT2D eigenvalue weighted by Crippen LogP contribution is -2.45. The normalized spacial score (nSPS) is 17.2. The highest BCUT2D eigenvalue weighted by Crippen LogP contribution is 2.39. The zero-order valence-corrected chi connectivity index (χ0v) is 19.9. The lowest BCUT2D eigenvalue weighted by atomic mass is 9.94. The Morgan fingerprint density at radius 2 is 1.82 bits per heavy atom. The monoisotopic (exact) mass is 476 g/mol. The molecule has 8 heteroatoms. The molecule has 1 aliphatic carbocycles. The first-order valence-corrected chi connectivity index (χ1v) is 11.9. The molecule has 34 heavy (non-hydrogen) atoms. The first-order chi connectivity index (χ1) is 16.4. The van der Waals surface area contributed by atoms with Gasteiger partial charge in [0, 0.05) is 28.3 Å². The van der Waals surface area contributed by atoms with Crippen LogP contribution in [0.15, 0.2) is 48.8 Å². The fourth-order valence-electron chi connectivity index (χ4n) is 4.98. The van der Waals surface area contributed by atoms with Crippen molar-refractivity contribution in [1.29, 1.82) is 0 Å². The minimum absolute atomic E-state index is 0.113. The third kappa shape index (κ3) is 3.70. The number of nitrogens with zero attached hydrogens (tertiary/aromatic N) is 4. The van der Waals surface area contributed by atoms with Crippen LogP contribution in [-0.4, -0.2) is 32.5 Å². The van der Waals surface area contributed by atoms with Crippen LogP contribution in [0.5, 0.6) is 5.88 Å². The molecule has 7 nitrogen and oxygen atoms in total. The number of rotatable bonds is 4. The van der Waals surface area contributed by atoms with Crippen molar-refractivity contribution in [3.63, 3.8) is 0 Å². The summed E-state index contributed by atoms with van der Waals surface area (Å²) in [6.07, 6.45) is 8.14. The summed E-state index contributed by atoms with van der Waals surface area (Å²) in [4.78, 5) is 28.9. The Kier molecular flexibility index (Phi) is 5.73. The molecule has 2 aliphatic rings. The van der Waals surface area contributed by atoms with Crippen molar-refractivity contribution in [2.75, 3.05) is 0 Å². The van der Waals surface area contributed by atoms with Crippen molar-refractivity contribution < 1.29 is 19.3 Å². The van der Waals surface area contributed by atoms with Gasteiger partial charge >= 0.3 is 5.91 Å². The molecule has 2 amide bonds. The van der Waals surface area contributed by atoms with Gasteiger partial charge in [-0.05, 0) is 56.8 Å². The number of aryl methyl sites for hydroxylation is 2. The first kappa shape index (κ1) is 22.3. The summed E-state index contributed by atoms with van der Waals surface area (Å²) in [5.74, 6) is -1.24. The maximum Gasteiger partial charge on any atom is 0.327 e. The van der Waals surface area contributed by atoms with E-state index in [1.165, 1.54) is 9.58 Å². The molecule has 1 saturated carbocycles. The quantitative estimate of drug-likeness (QED) is 0.425. The SMILES string of the molecule is Cc1ccc[n+](C2=C(c3c(C)nn(-c4cccc(Cl)c4)c3[O-])C(=O)N(C3CCCCC3)C2=O)c1. The molecule has 1 aromatic carbocycles. The van der Waals surface area contributed by atoms with Gasteiger partial charge in [0.25, 0.3) is 11.6 Å². The number of amides is 2. The molecule has 2 aromatic heterocycles. The van der Waals surface area contributed by atoms with Gasteiger partial charge in [0.1, 0.15) is 5.57 Å². The smallest absolute Gasteiger partial charge is 0.327 e. The summed E-state index contributed by atoms with van der Waals surface area (Å²) in [5, 5.41) is 18.5. The van der Waals surface area contributed by atoms with E-state index >= 15 is 0 Å². The molecule has 0 saturated heterocycles. The number of benzene rings is 1. The summed E-state index contributed by atoms with van der Waals surface area (Å²) in [7, 11) is 0. The zero-order valence-electron chi connectivity index (χ0n) is 19.1. The highest BCUT2D eigenvalue weighted by molar-refractivity contribution is 6.45. The van der Waals surface area contributed by atoms with Crippen LogP contribution >= 0.6 is 11.6 Å². The molecule has 1 aliphatic heterocycles. The number of hydrogen-bond donors (Lipinski definition) is 0. The Balaban J connectivity index is 1.71. The summed E-state index contributed by atoms with van der Waals surface area (Å²) >= 11 is 6.12. The van der Waals surface area contributed by atoms with Crippen molar-refractivity contribution in [3.8, 4) is 11.6 Å². The average molecular weight is 477 g/mol. The van der Waals surface area contributed by atoms with E-state index < -0.39 is 11.8 Å². The molecular formula is C26H25ClN4O3. The van der Waals surface area contributed by atoms with Gasteiger partial charge in [-0.1, -0.05) is 36.9 Å². The molecular weight excluding hydrogens is 452 g/mol. The van der Waals surface area contributed by atoms with E-state index in [0.29, 0.717) is 16.4 Å².